The zero-order chi connectivity index (χ0) is 27.2. The predicted molar refractivity (Wildman–Crippen MR) is 141 cm³/mol. The van der Waals surface area contributed by atoms with Gasteiger partial charge in [0, 0.05) is 18.2 Å². The lowest BCUT2D eigenvalue weighted by atomic mass is 10.0. The highest BCUT2D eigenvalue weighted by Crippen LogP contribution is 2.27. The van der Waals surface area contributed by atoms with E-state index in [-0.39, 0.29) is 48.3 Å². The van der Waals surface area contributed by atoms with E-state index in [1.807, 2.05) is 30.3 Å². The molecule has 1 aliphatic rings. The molecule has 1 unspecified atom stereocenters. The van der Waals surface area contributed by atoms with Gasteiger partial charge in [0.25, 0.3) is 0 Å². The number of aromatic nitrogens is 4. The fourth-order valence-corrected chi connectivity index (χ4v) is 4.82. The number of tetrazole rings is 1. The van der Waals surface area contributed by atoms with Crippen molar-refractivity contribution in [2.24, 2.45) is 0 Å². The molecule has 0 radical (unpaired) electrons. The number of carbonyl (C=O) groups is 2. The minimum atomic E-state index is -0.945. The monoisotopic (exact) mass is 528 g/mol. The first-order valence-corrected chi connectivity index (χ1v) is 12.9. The van der Waals surface area contributed by atoms with Gasteiger partial charge in [-0.3, -0.25) is 9.59 Å². The van der Waals surface area contributed by atoms with Crippen LogP contribution in [0.25, 0.3) is 11.4 Å². The summed E-state index contributed by atoms with van der Waals surface area (Å²) in [6.45, 7) is -0.0882. The van der Waals surface area contributed by atoms with Gasteiger partial charge in [-0.15, -0.1) is 10.2 Å². The normalized spacial score (nSPS) is 14.2. The molecule has 39 heavy (non-hydrogen) atoms. The first-order chi connectivity index (χ1) is 19.0. The van der Waals surface area contributed by atoms with Crippen molar-refractivity contribution in [1.29, 1.82) is 0 Å². The van der Waals surface area contributed by atoms with Gasteiger partial charge in [0.2, 0.25) is 17.6 Å². The molecule has 1 aliphatic carbocycles. The number of phenolic OH excluding ortho intramolecular Hbond substituents is 1. The summed E-state index contributed by atoms with van der Waals surface area (Å²) in [4.78, 5) is 30.3. The molecule has 10 heteroatoms. The van der Waals surface area contributed by atoms with E-state index >= 15 is 0 Å². The minimum Gasteiger partial charge on any atom is -0.508 e. The van der Waals surface area contributed by atoms with E-state index in [1.165, 1.54) is 46.1 Å². The Morgan fingerprint density at radius 1 is 1.00 bits per heavy atom. The van der Waals surface area contributed by atoms with Gasteiger partial charge in [-0.2, -0.15) is 4.80 Å². The van der Waals surface area contributed by atoms with Crippen LogP contribution in [0.1, 0.15) is 42.9 Å². The summed E-state index contributed by atoms with van der Waals surface area (Å²) < 4.78 is 13.3. The average molecular weight is 529 g/mol. The van der Waals surface area contributed by atoms with E-state index in [1.54, 1.807) is 12.1 Å². The highest BCUT2D eigenvalue weighted by Gasteiger charge is 2.33. The van der Waals surface area contributed by atoms with Crippen LogP contribution in [0.3, 0.4) is 0 Å². The Morgan fingerprint density at radius 3 is 2.38 bits per heavy atom. The van der Waals surface area contributed by atoms with Gasteiger partial charge in [0.05, 0.1) is 0 Å². The summed E-state index contributed by atoms with van der Waals surface area (Å²) in [5.41, 5.74) is 1.99. The molecule has 1 atom stereocenters. The van der Waals surface area contributed by atoms with Crippen LogP contribution in [-0.4, -0.2) is 48.1 Å². The number of hydrogen-bond donors (Lipinski definition) is 2. The second-order valence-corrected chi connectivity index (χ2v) is 9.64. The molecule has 200 valence electrons. The number of benzene rings is 3. The molecule has 9 nitrogen and oxygen atoms in total. The lowest BCUT2D eigenvalue weighted by Crippen LogP contribution is -2.46. The molecule has 3 aromatic carbocycles. The summed E-state index contributed by atoms with van der Waals surface area (Å²) in [6, 6.07) is 20.5. The Labute approximate surface area is 225 Å². The maximum atomic E-state index is 13.8. The third-order valence-corrected chi connectivity index (χ3v) is 6.82. The van der Waals surface area contributed by atoms with Crippen molar-refractivity contribution < 1.29 is 19.1 Å². The first-order valence-electron chi connectivity index (χ1n) is 12.9. The number of carbonyl (C=O) groups excluding carboxylic acids is 2. The van der Waals surface area contributed by atoms with Crippen molar-refractivity contribution in [3.8, 4) is 17.1 Å². The summed E-state index contributed by atoms with van der Waals surface area (Å²) >= 11 is 0. The SMILES string of the molecule is O=C(NC1CCCC1)C(c1ccc(O)cc1)N(Cc1ccccc1)C(=O)Cn1nnc(-c2ccc(F)cc2)n1. The number of halogens is 1. The van der Waals surface area contributed by atoms with Crippen LogP contribution in [0.5, 0.6) is 5.75 Å². The molecule has 0 bridgehead atoms. The number of aromatic hydroxyl groups is 1. The Bertz CT molecular complexity index is 1400. The van der Waals surface area contributed by atoms with Crippen LogP contribution in [0.15, 0.2) is 78.9 Å². The molecule has 2 amide bonds. The lowest BCUT2D eigenvalue weighted by molar-refractivity contribution is -0.142. The van der Waals surface area contributed by atoms with Crippen molar-refractivity contribution in [3.63, 3.8) is 0 Å². The van der Waals surface area contributed by atoms with E-state index in [4.69, 9.17) is 0 Å². The molecule has 1 heterocycles. The van der Waals surface area contributed by atoms with Crippen LogP contribution in [0.2, 0.25) is 0 Å². The highest BCUT2D eigenvalue weighted by molar-refractivity contribution is 5.89. The molecule has 0 saturated heterocycles. The molecule has 4 aromatic rings. The Morgan fingerprint density at radius 2 is 1.69 bits per heavy atom. The van der Waals surface area contributed by atoms with Gasteiger partial charge in [-0.25, -0.2) is 4.39 Å². The van der Waals surface area contributed by atoms with E-state index in [0.717, 1.165) is 31.2 Å². The first kappa shape index (κ1) is 26.0. The molecular weight excluding hydrogens is 499 g/mol. The van der Waals surface area contributed by atoms with E-state index in [2.05, 4.69) is 20.7 Å². The van der Waals surface area contributed by atoms with Crippen LogP contribution >= 0.6 is 0 Å². The van der Waals surface area contributed by atoms with Gasteiger partial charge in [0.1, 0.15) is 24.2 Å². The van der Waals surface area contributed by atoms with Gasteiger partial charge in [-0.1, -0.05) is 55.3 Å². The second kappa shape index (κ2) is 11.8. The number of nitrogens with zero attached hydrogens (tertiary/aromatic N) is 5. The van der Waals surface area contributed by atoms with Crippen molar-refractivity contribution in [2.45, 2.75) is 50.9 Å². The maximum Gasteiger partial charge on any atom is 0.247 e. The number of hydrogen-bond acceptors (Lipinski definition) is 6. The second-order valence-electron chi connectivity index (χ2n) is 9.64. The van der Waals surface area contributed by atoms with E-state index in [0.29, 0.717) is 11.1 Å². The molecule has 1 fully saturated rings. The van der Waals surface area contributed by atoms with Crippen molar-refractivity contribution in [2.75, 3.05) is 0 Å². The molecule has 0 spiro atoms. The Hall–Kier alpha value is -4.60. The van der Waals surface area contributed by atoms with Gasteiger partial charge >= 0.3 is 0 Å². The van der Waals surface area contributed by atoms with Crippen LogP contribution in [0, 0.1) is 5.82 Å². The van der Waals surface area contributed by atoms with Crippen molar-refractivity contribution >= 4 is 11.8 Å². The lowest BCUT2D eigenvalue weighted by Gasteiger charge is -2.32. The molecule has 5 rings (SSSR count). The summed E-state index contributed by atoms with van der Waals surface area (Å²) in [5.74, 6) is -0.729. The third-order valence-electron chi connectivity index (χ3n) is 6.82. The topological polar surface area (TPSA) is 113 Å². The summed E-state index contributed by atoms with van der Waals surface area (Å²) in [5, 5.41) is 25.3. The summed E-state index contributed by atoms with van der Waals surface area (Å²) in [7, 11) is 0. The summed E-state index contributed by atoms with van der Waals surface area (Å²) in [6.07, 6.45) is 3.90. The highest BCUT2D eigenvalue weighted by atomic mass is 19.1. The number of amides is 2. The standard InChI is InChI=1S/C29H29FN6O3/c30-23-14-10-22(11-15-23)28-32-34-36(33-28)19-26(38)35(18-20-6-2-1-3-7-20)27(21-12-16-25(37)17-13-21)29(39)31-24-8-4-5-9-24/h1-3,6-7,10-17,24,27,37H,4-5,8-9,18-19H2,(H,31,39). The Kier molecular flexibility index (Phi) is 7.91. The average Bonchev–Trinajstić information content (AvgIpc) is 3.63. The molecule has 0 aliphatic heterocycles. The smallest absolute Gasteiger partial charge is 0.247 e. The largest absolute Gasteiger partial charge is 0.508 e. The van der Waals surface area contributed by atoms with Crippen LogP contribution < -0.4 is 5.32 Å². The molecule has 1 saturated carbocycles. The van der Waals surface area contributed by atoms with Crippen molar-refractivity contribution in [3.05, 3.63) is 95.8 Å². The zero-order valence-electron chi connectivity index (χ0n) is 21.3. The van der Waals surface area contributed by atoms with Crippen LogP contribution in [0.4, 0.5) is 4.39 Å². The maximum absolute atomic E-state index is 13.8. The Balaban J connectivity index is 1.45. The van der Waals surface area contributed by atoms with Gasteiger partial charge < -0.3 is 15.3 Å². The minimum absolute atomic E-state index is 0.0565. The predicted octanol–water partition coefficient (Wildman–Crippen LogP) is 4.01. The zero-order valence-corrected chi connectivity index (χ0v) is 21.3. The molecular formula is C29H29FN6O3. The molecule has 2 N–H and O–H groups in total. The van der Waals surface area contributed by atoms with Gasteiger partial charge in [-0.05, 0) is 65.6 Å². The van der Waals surface area contributed by atoms with Crippen molar-refractivity contribution in [1.82, 2.24) is 30.4 Å². The number of nitrogens with one attached hydrogen (secondary N) is 1. The third kappa shape index (κ3) is 6.46. The van der Waals surface area contributed by atoms with E-state index in [9.17, 15) is 19.1 Å². The quantitative estimate of drug-likeness (QED) is 0.339. The fraction of sp³-hybridized carbons (Fsp3) is 0.276. The van der Waals surface area contributed by atoms with E-state index < -0.39 is 6.04 Å². The number of rotatable bonds is 9. The van der Waals surface area contributed by atoms with Gasteiger partial charge in [0.15, 0.2) is 0 Å². The molecule has 1 aromatic heterocycles. The van der Waals surface area contributed by atoms with Crippen LogP contribution in [-0.2, 0) is 22.7 Å². The number of phenols is 1. The fourth-order valence-electron chi connectivity index (χ4n) is 4.82.